The Kier molecular flexibility index (Phi) is 3.17. The van der Waals surface area contributed by atoms with Crippen molar-refractivity contribution in [3.63, 3.8) is 0 Å². The zero-order chi connectivity index (χ0) is 11.7. The van der Waals surface area contributed by atoms with E-state index in [1.165, 1.54) is 31.4 Å². The molecule has 1 saturated heterocycles. The minimum Gasteiger partial charge on any atom is -0.395 e. The topological polar surface area (TPSA) is 23.5 Å². The van der Waals surface area contributed by atoms with Crippen LogP contribution in [0.25, 0.3) is 0 Å². The third-order valence-corrected chi connectivity index (χ3v) is 4.57. The molecule has 2 aliphatic rings. The van der Waals surface area contributed by atoms with Crippen LogP contribution in [-0.2, 0) is 6.54 Å². The van der Waals surface area contributed by atoms with Crippen molar-refractivity contribution in [1.82, 2.24) is 4.90 Å². The first-order chi connectivity index (χ1) is 8.38. The minimum atomic E-state index is 0.327. The molecule has 2 fully saturated rings. The highest BCUT2D eigenvalue weighted by Crippen LogP contribution is 2.42. The first-order valence-electron chi connectivity index (χ1n) is 6.77. The summed E-state index contributed by atoms with van der Waals surface area (Å²) in [6.45, 7) is 2.51. The van der Waals surface area contributed by atoms with E-state index in [-0.39, 0.29) is 0 Å². The van der Waals surface area contributed by atoms with Crippen LogP contribution in [0, 0.1) is 11.8 Å². The number of aliphatic hydroxyl groups is 1. The third kappa shape index (κ3) is 2.12. The van der Waals surface area contributed by atoms with Crippen molar-refractivity contribution in [3.05, 3.63) is 35.9 Å². The van der Waals surface area contributed by atoms with Gasteiger partial charge in [-0.1, -0.05) is 36.8 Å². The summed E-state index contributed by atoms with van der Waals surface area (Å²) in [4.78, 5) is 2.49. The number of benzene rings is 1. The lowest BCUT2D eigenvalue weighted by atomic mass is 9.94. The Bertz CT molecular complexity index is 364. The number of nitrogens with zero attached hydrogens (tertiary/aromatic N) is 1. The van der Waals surface area contributed by atoms with E-state index in [1.54, 1.807) is 0 Å². The van der Waals surface area contributed by atoms with Crippen molar-refractivity contribution in [2.75, 3.05) is 13.2 Å². The molecule has 2 nitrogen and oxygen atoms in total. The van der Waals surface area contributed by atoms with Crippen molar-refractivity contribution in [2.24, 2.45) is 11.8 Å². The molecule has 1 aliphatic carbocycles. The van der Waals surface area contributed by atoms with E-state index in [1.807, 2.05) is 0 Å². The first-order valence-corrected chi connectivity index (χ1v) is 6.77. The van der Waals surface area contributed by atoms with Gasteiger partial charge < -0.3 is 5.11 Å². The molecule has 0 radical (unpaired) electrons. The fourth-order valence-corrected chi connectivity index (χ4v) is 3.76. The second-order valence-electron chi connectivity index (χ2n) is 5.52. The largest absolute Gasteiger partial charge is 0.395 e. The smallest absolute Gasteiger partial charge is 0.0589 e. The van der Waals surface area contributed by atoms with E-state index < -0.39 is 0 Å². The molecule has 3 atom stereocenters. The maximum absolute atomic E-state index is 9.62. The summed E-state index contributed by atoms with van der Waals surface area (Å²) in [5.41, 5.74) is 1.37. The van der Waals surface area contributed by atoms with E-state index in [0.29, 0.717) is 12.6 Å². The highest BCUT2D eigenvalue weighted by Gasteiger charge is 2.43. The summed E-state index contributed by atoms with van der Waals surface area (Å²) in [6, 6.07) is 11.0. The molecule has 1 saturated carbocycles. The molecule has 1 heterocycles. The van der Waals surface area contributed by atoms with Crippen LogP contribution in [0.4, 0.5) is 0 Å². The number of hydrogen-bond donors (Lipinski definition) is 1. The number of hydrogen-bond acceptors (Lipinski definition) is 2. The fourth-order valence-electron chi connectivity index (χ4n) is 3.76. The van der Waals surface area contributed by atoms with E-state index in [0.717, 1.165) is 18.4 Å². The maximum atomic E-state index is 9.62. The lowest BCUT2D eigenvalue weighted by molar-refractivity contribution is 0.128. The summed E-state index contributed by atoms with van der Waals surface area (Å²) in [5, 5.41) is 9.62. The van der Waals surface area contributed by atoms with Gasteiger partial charge in [0, 0.05) is 19.1 Å². The molecule has 1 N–H and O–H groups in total. The minimum absolute atomic E-state index is 0.327. The van der Waals surface area contributed by atoms with Crippen molar-refractivity contribution < 1.29 is 5.11 Å². The highest BCUT2D eigenvalue weighted by molar-refractivity contribution is 5.15. The predicted molar refractivity (Wildman–Crippen MR) is 68.6 cm³/mol. The van der Waals surface area contributed by atoms with Crippen LogP contribution in [0.5, 0.6) is 0 Å². The van der Waals surface area contributed by atoms with Gasteiger partial charge in [-0.3, -0.25) is 4.90 Å². The third-order valence-electron chi connectivity index (χ3n) is 4.57. The van der Waals surface area contributed by atoms with Gasteiger partial charge in [0.2, 0.25) is 0 Å². The summed E-state index contributed by atoms with van der Waals surface area (Å²) < 4.78 is 0. The molecule has 92 valence electrons. The predicted octanol–water partition coefficient (Wildman–Crippen LogP) is 2.28. The van der Waals surface area contributed by atoms with Gasteiger partial charge in [0.1, 0.15) is 0 Å². The van der Waals surface area contributed by atoms with E-state index in [4.69, 9.17) is 0 Å². The normalized spacial score (nSPS) is 32.9. The second-order valence-corrected chi connectivity index (χ2v) is 5.52. The SMILES string of the molecule is OC[C@@H]1[C@H]2CCC[C@H]2CN1Cc1ccccc1. The molecule has 0 bridgehead atoms. The van der Waals surface area contributed by atoms with Crippen LogP contribution in [0.1, 0.15) is 24.8 Å². The Balaban J connectivity index is 1.71. The van der Waals surface area contributed by atoms with Crippen LogP contribution < -0.4 is 0 Å². The molecular weight excluding hydrogens is 210 g/mol. The molecule has 1 aromatic rings. The summed E-state index contributed by atoms with van der Waals surface area (Å²) in [5.74, 6) is 1.60. The molecule has 0 aromatic heterocycles. The molecule has 0 spiro atoms. The number of aliphatic hydroxyl groups excluding tert-OH is 1. The van der Waals surface area contributed by atoms with Crippen LogP contribution in [0.2, 0.25) is 0 Å². The fraction of sp³-hybridized carbons (Fsp3) is 0.600. The van der Waals surface area contributed by atoms with Crippen molar-refractivity contribution in [2.45, 2.75) is 31.8 Å². The lowest BCUT2D eigenvalue weighted by Crippen LogP contribution is -2.35. The number of rotatable bonds is 3. The van der Waals surface area contributed by atoms with Crippen LogP contribution in [0.15, 0.2) is 30.3 Å². The van der Waals surface area contributed by atoms with Crippen molar-refractivity contribution in [1.29, 1.82) is 0 Å². The Morgan fingerprint density at radius 2 is 2.00 bits per heavy atom. The molecule has 2 heteroatoms. The van der Waals surface area contributed by atoms with Gasteiger partial charge in [-0.25, -0.2) is 0 Å². The Labute approximate surface area is 103 Å². The van der Waals surface area contributed by atoms with Gasteiger partial charge in [-0.2, -0.15) is 0 Å². The van der Waals surface area contributed by atoms with Gasteiger partial charge >= 0.3 is 0 Å². The van der Waals surface area contributed by atoms with Gasteiger partial charge in [0.15, 0.2) is 0 Å². The standard InChI is InChI=1S/C15H21NO/c17-11-15-14-8-4-7-13(14)10-16(15)9-12-5-2-1-3-6-12/h1-3,5-6,13-15,17H,4,7-11H2/t13-,14-,15+/m0/s1. The lowest BCUT2D eigenvalue weighted by Gasteiger charge is -2.26. The summed E-state index contributed by atoms with van der Waals surface area (Å²) >= 11 is 0. The van der Waals surface area contributed by atoms with Crippen molar-refractivity contribution in [3.8, 4) is 0 Å². The van der Waals surface area contributed by atoms with E-state index in [2.05, 4.69) is 35.2 Å². The van der Waals surface area contributed by atoms with Gasteiger partial charge in [0.05, 0.1) is 6.61 Å². The number of likely N-dealkylation sites (tertiary alicyclic amines) is 1. The average Bonchev–Trinajstić information content (AvgIpc) is 2.90. The van der Waals surface area contributed by atoms with Crippen LogP contribution in [-0.4, -0.2) is 29.2 Å². The molecule has 0 amide bonds. The summed E-state index contributed by atoms with van der Waals surface area (Å²) in [7, 11) is 0. The molecule has 17 heavy (non-hydrogen) atoms. The maximum Gasteiger partial charge on any atom is 0.0589 e. The summed E-state index contributed by atoms with van der Waals surface area (Å²) in [6.07, 6.45) is 4.05. The van der Waals surface area contributed by atoms with Gasteiger partial charge in [-0.05, 0) is 30.2 Å². The molecule has 0 unspecified atom stereocenters. The van der Waals surface area contributed by atoms with Crippen molar-refractivity contribution >= 4 is 0 Å². The average molecular weight is 231 g/mol. The van der Waals surface area contributed by atoms with Gasteiger partial charge in [-0.15, -0.1) is 0 Å². The monoisotopic (exact) mass is 231 g/mol. The molecule has 1 aromatic carbocycles. The zero-order valence-corrected chi connectivity index (χ0v) is 10.3. The number of fused-ring (bicyclic) bond motifs is 1. The molecule has 3 rings (SSSR count). The molecular formula is C15H21NO. The Hall–Kier alpha value is -0.860. The van der Waals surface area contributed by atoms with Gasteiger partial charge in [0.25, 0.3) is 0 Å². The first kappa shape index (κ1) is 11.2. The highest BCUT2D eigenvalue weighted by atomic mass is 16.3. The van der Waals surface area contributed by atoms with Crippen LogP contribution in [0.3, 0.4) is 0 Å². The van der Waals surface area contributed by atoms with E-state index in [9.17, 15) is 5.11 Å². The van der Waals surface area contributed by atoms with Crippen LogP contribution >= 0.6 is 0 Å². The van der Waals surface area contributed by atoms with E-state index >= 15 is 0 Å². The zero-order valence-electron chi connectivity index (χ0n) is 10.3. The quantitative estimate of drug-likeness (QED) is 0.862. The Morgan fingerprint density at radius 1 is 1.18 bits per heavy atom. The Morgan fingerprint density at radius 3 is 2.76 bits per heavy atom. The second kappa shape index (κ2) is 4.79. The molecule has 1 aliphatic heterocycles.